The molecule has 0 spiro atoms. The summed E-state index contributed by atoms with van der Waals surface area (Å²) in [6, 6.07) is 1.23. The lowest BCUT2D eigenvalue weighted by Crippen LogP contribution is -2.47. The van der Waals surface area contributed by atoms with E-state index in [1.165, 1.54) is 0 Å². The summed E-state index contributed by atoms with van der Waals surface area (Å²) in [7, 11) is 0. The number of carbonyl (C=O) groups excluding carboxylic acids is 1. The minimum Gasteiger partial charge on any atom is -0.358 e. The Morgan fingerprint density at radius 1 is 1.40 bits per heavy atom. The van der Waals surface area contributed by atoms with Gasteiger partial charge in [-0.1, -0.05) is 18.5 Å². The van der Waals surface area contributed by atoms with Crippen LogP contribution in [0.1, 0.15) is 46.9 Å². The molecule has 1 aromatic rings. The van der Waals surface area contributed by atoms with Crippen molar-refractivity contribution in [1.29, 1.82) is 0 Å². The summed E-state index contributed by atoms with van der Waals surface area (Å²) in [4.78, 5) is 20.5. The molecule has 1 heterocycles. The molecule has 1 unspecified atom stereocenters. The molecule has 1 atom stereocenters. The van der Waals surface area contributed by atoms with Crippen LogP contribution in [0.2, 0.25) is 5.15 Å². The first-order valence-electron chi connectivity index (χ1n) is 6.83. The smallest absolute Gasteiger partial charge is 0.242 e. The van der Waals surface area contributed by atoms with Crippen LogP contribution in [0.4, 0.5) is 5.82 Å². The maximum atomic E-state index is 12.0. The molecule has 0 aromatic carbocycles. The molecule has 1 aromatic heterocycles. The number of anilines is 1. The quantitative estimate of drug-likeness (QED) is 0.820. The highest BCUT2D eigenvalue weighted by molar-refractivity contribution is 6.29. The molecule has 5 nitrogen and oxygen atoms in total. The van der Waals surface area contributed by atoms with Gasteiger partial charge in [0.15, 0.2) is 0 Å². The van der Waals surface area contributed by atoms with E-state index in [0.717, 1.165) is 12.8 Å². The first kappa shape index (κ1) is 16.7. The van der Waals surface area contributed by atoms with E-state index in [0.29, 0.717) is 16.8 Å². The molecule has 0 saturated carbocycles. The number of hydrogen-bond donors (Lipinski definition) is 2. The molecule has 1 amide bonds. The van der Waals surface area contributed by atoms with Crippen LogP contribution in [0.15, 0.2) is 6.07 Å². The molecule has 0 radical (unpaired) electrons. The van der Waals surface area contributed by atoms with Crippen LogP contribution in [-0.2, 0) is 11.2 Å². The van der Waals surface area contributed by atoms with Gasteiger partial charge in [-0.15, -0.1) is 0 Å². The minimum absolute atomic E-state index is 0.0794. The van der Waals surface area contributed by atoms with Crippen LogP contribution < -0.4 is 10.6 Å². The van der Waals surface area contributed by atoms with Gasteiger partial charge in [0, 0.05) is 18.0 Å². The van der Waals surface area contributed by atoms with E-state index < -0.39 is 6.04 Å². The summed E-state index contributed by atoms with van der Waals surface area (Å²) in [6.07, 6.45) is 1.71. The highest BCUT2D eigenvalue weighted by Crippen LogP contribution is 2.14. The lowest BCUT2D eigenvalue weighted by atomic mass is 10.1. The van der Waals surface area contributed by atoms with Crippen molar-refractivity contribution in [3.05, 3.63) is 17.0 Å². The van der Waals surface area contributed by atoms with Crippen molar-refractivity contribution in [2.45, 2.75) is 59.0 Å². The van der Waals surface area contributed by atoms with Crippen molar-refractivity contribution in [2.75, 3.05) is 5.32 Å². The number of aryl methyl sites for hydroxylation is 1. The van der Waals surface area contributed by atoms with Gasteiger partial charge in [-0.05, 0) is 34.1 Å². The summed E-state index contributed by atoms with van der Waals surface area (Å²) >= 11 is 5.96. The van der Waals surface area contributed by atoms with Crippen LogP contribution in [0.3, 0.4) is 0 Å². The molecule has 0 fully saturated rings. The summed E-state index contributed by atoms with van der Waals surface area (Å²) < 4.78 is 0. The van der Waals surface area contributed by atoms with Gasteiger partial charge >= 0.3 is 0 Å². The zero-order valence-electron chi connectivity index (χ0n) is 12.7. The lowest BCUT2D eigenvalue weighted by Gasteiger charge is -2.24. The lowest BCUT2D eigenvalue weighted by molar-refractivity contribution is -0.122. The third-order valence-electron chi connectivity index (χ3n) is 2.47. The normalized spacial score (nSPS) is 12.9. The Kier molecular flexibility index (Phi) is 5.74. The highest BCUT2D eigenvalue weighted by Gasteiger charge is 2.19. The summed E-state index contributed by atoms with van der Waals surface area (Å²) in [5, 5.41) is 6.36. The van der Waals surface area contributed by atoms with Gasteiger partial charge in [-0.25, -0.2) is 9.97 Å². The molecule has 0 aliphatic heterocycles. The predicted molar refractivity (Wildman–Crippen MR) is 82.0 cm³/mol. The van der Waals surface area contributed by atoms with Gasteiger partial charge in [0.2, 0.25) is 5.91 Å². The number of amides is 1. The second kappa shape index (κ2) is 6.88. The number of hydrogen-bond acceptors (Lipinski definition) is 4. The van der Waals surface area contributed by atoms with Crippen molar-refractivity contribution >= 4 is 23.3 Å². The number of carbonyl (C=O) groups is 1. The van der Waals surface area contributed by atoms with E-state index >= 15 is 0 Å². The van der Waals surface area contributed by atoms with Crippen molar-refractivity contribution < 1.29 is 4.79 Å². The third-order valence-corrected chi connectivity index (χ3v) is 2.66. The van der Waals surface area contributed by atoms with Crippen LogP contribution >= 0.6 is 11.6 Å². The minimum atomic E-state index is -0.394. The molecule has 1 rings (SSSR count). The first-order valence-corrected chi connectivity index (χ1v) is 7.21. The molecular formula is C14H23ClN4O. The Labute approximate surface area is 125 Å². The second-order valence-electron chi connectivity index (χ2n) is 5.85. The molecule has 112 valence electrons. The van der Waals surface area contributed by atoms with Gasteiger partial charge in [0.25, 0.3) is 0 Å². The Hall–Kier alpha value is -1.36. The van der Waals surface area contributed by atoms with Gasteiger partial charge in [0.05, 0.1) is 0 Å². The average molecular weight is 299 g/mol. The van der Waals surface area contributed by atoms with Gasteiger partial charge in [-0.3, -0.25) is 4.79 Å². The number of aromatic nitrogens is 2. The molecule has 20 heavy (non-hydrogen) atoms. The Morgan fingerprint density at radius 3 is 2.60 bits per heavy atom. The van der Waals surface area contributed by atoms with Crippen molar-refractivity contribution in [3.8, 4) is 0 Å². The SMILES string of the molecule is CCCc1nc(Cl)cc(NC(C)C(=O)NC(C)(C)C)n1. The van der Waals surface area contributed by atoms with E-state index in [1.54, 1.807) is 13.0 Å². The standard InChI is InChI=1S/C14H23ClN4O/c1-6-7-11-17-10(15)8-12(18-11)16-9(2)13(20)19-14(3,4)5/h8-9H,6-7H2,1-5H3,(H,19,20)(H,16,17,18). The first-order chi connectivity index (χ1) is 9.21. The summed E-state index contributed by atoms with van der Waals surface area (Å²) in [5.74, 6) is 1.18. The van der Waals surface area contributed by atoms with Crippen LogP contribution in [0, 0.1) is 0 Å². The Morgan fingerprint density at radius 2 is 2.05 bits per heavy atom. The Balaban J connectivity index is 2.74. The van der Waals surface area contributed by atoms with Gasteiger partial charge in [0.1, 0.15) is 22.8 Å². The fourth-order valence-corrected chi connectivity index (χ4v) is 1.84. The average Bonchev–Trinajstić information content (AvgIpc) is 2.26. The van der Waals surface area contributed by atoms with Crippen LogP contribution in [-0.4, -0.2) is 27.5 Å². The molecule has 6 heteroatoms. The van der Waals surface area contributed by atoms with Crippen LogP contribution in [0.5, 0.6) is 0 Å². The molecule has 0 aliphatic rings. The van der Waals surface area contributed by atoms with Crippen molar-refractivity contribution in [2.24, 2.45) is 0 Å². The fraction of sp³-hybridized carbons (Fsp3) is 0.643. The largest absolute Gasteiger partial charge is 0.358 e. The number of nitrogens with zero attached hydrogens (tertiary/aromatic N) is 2. The topological polar surface area (TPSA) is 66.9 Å². The van der Waals surface area contributed by atoms with E-state index in [4.69, 9.17) is 11.6 Å². The van der Waals surface area contributed by atoms with E-state index in [2.05, 4.69) is 27.5 Å². The Bertz CT molecular complexity index is 471. The zero-order valence-corrected chi connectivity index (χ0v) is 13.5. The third kappa shape index (κ3) is 5.74. The van der Waals surface area contributed by atoms with Crippen molar-refractivity contribution in [3.63, 3.8) is 0 Å². The number of nitrogens with one attached hydrogen (secondary N) is 2. The fourth-order valence-electron chi connectivity index (χ4n) is 1.64. The van der Waals surface area contributed by atoms with E-state index in [1.807, 2.05) is 20.8 Å². The molecule has 2 N–H and O–H groups in total. The number of rotatable bonds is 5. The molecule has 0 aliphatic carbocycles. The van der Waals surface area contributed by atoms with E-state index in [-0.39, 0.29) is 11.4 Å². The molecule has 0 bridgehead atoms. The maximum absolute atomic E-state index is 12.0. The highest BCUT2D eigenvalue weighted by atomic mass is 35.5. The summed E-state index contributed by atoms with van der Waals surface area (Å²) in [6.45, 7) is 9.67. The van der Waals surface area contributed by atoms with E-state index in [9.17, 15) is 4.79 Å². The van der Waals surface area contributed by atoms with Crippen LogP contribution in [0.25, 0.3) is 0 Å². The molecular weight excluding hydrogens is 276 g/mol. The summed E-state index contributed by atoms with van der Waals surface area (Å²) in [5.41, 5.74) is -0.260. The zero-order chi connectivity index (χ0) is 15.3. The maximum Gasteiger partial charge on any atom is 0.242 e. The monoisotopic (exact) mass is 298 g/mol. The van der Waals surface area contributed by atoms with Gasteiger partial charge < -0.3 is 10.6 Å². The molecule has 0 saturated heterocycles. The number of halogens is 1. The predicted octanol–water partition coefficient (Wildman–Crippen LogP) is 2.80. The second-order valence-corrected chi connectivity index (χ2v) is 6.23. The van der Waals surface area contributed by atoms with Gasteiger partial charge in [-0.2, -0.15) is 0 Å². The van der Waals surface area contributed by atoms with Crippen molar-refractivity contribution in [1.82, 2.24) is 15.3 Å².